The Morgan fingerprint density at radius 1 is 1.37 bits per heavy atom. The number of aryl methyl sites for hydroxylation is 1. The van der Waals surface area contributed by atoms with Gasteiger partial charge in [-0.25, -0.2) is 4.98 Å². The number of aromatic amines is 1. The van der Waals surface area contributed by atoms with Crippen molar-refractivity contribution in [2.24, 2.45) is 7.05 Å². The molecule has 3 rings (SSSR count). The lowest BCUT2D eigenvalue weighted by molar-refractivity contribution is 0.439. The fourth-order valence-corrected chi connectivity index (χ4v) is 2.41. The highest BCUT2D eigenvalue weighted by molar-refractivity contribution is 5.50. The van der Waals surface area contributed by atoms with Crippen LogP contribution < -0.4 is 10.2 Å². The van der Waals surface area contributed by atoms with Crippen LogP contribution in [0.2, 0.25) is 0 Å². The molecule has 0 aliphatic carbocycles. The number of hydrogen-bond acceptors (Lipinski definition) is 5. The molecule has 102 valence electrons. The van der Waals surface area contributed by atoms with Gasteiger partial charge >= 0.3 is 0 Å². The molecule has 1 fully saturated rings. The van der Waals surface area contributed by atoms with Gasteiger partial charge in [0.1, 0.15) is 5.69 Å². The number of piperidine rings is 1. The van der Waals surface area contributed by atoms with Crippen LogP contribution in [0.25, 0.3) is 11.5 Å². The molecule has 0 bridgehead atoms. The number of nitrogens with one attached hydrogen (secondary N) is 2. The van der Waals surface area contributed by atoms with Crippen molar-refractivity contribution in [1.29, 1.82) is 0 Å². The highest BCUT2D eigenvalue weighted by Gasteiger charge is 2.21. The maximum Gasteiger partial charge on any atom is 0.245 e. The third-order valence-electron chi connectivity index (χ3n) is 3.61. The second-order valence-corrected chi connectivity index (χ2v) is 4.96. The van der Waals surface area contributed by atoms with Crippen molar-refractivity contribution in [3.8, 4) is 11.5 Å². The van der Waals surface area contributed by atoms with Gasteiger partial charge in [-0.05, 0) is 19.9 Å². The number of anilines is 1. The first-order valence-electron chi connectivity index (χ1n) is 6.59. The molecule has 2 aromatic rings. The van der Waals surface area contributed by atoms with Crippen molar-refractivity contribution >= 4 is 5.95 Å². The Morgan fingerprint density at radius 3 is 2.79 bits per heavy atom. The van der Waals surface area contributed by atoms with Gasteiger partial charge in [0.25, 0.3) is 0 Å². The molecule has 7 heteroatoms. The maximum absolute atomic E-state index is 4.53. The molecule has 1 aliphatic rings. The van der Waals surface area contributed by atoms with Gasteiger partial charge in [0.2, 0.25) is 5.95 Å². The van der Waals surface area contributed by atoms with Gasteiger partial charge in [-0.3, -0.25) is 5.10 Å². The lowest BCUT2D eigenvalue weighted by Crippen LogP contribution is -2.41. The van der Waals surface area contributed by atoms with E-state index in [4.69, 9.17) is 0 Å². The molecule has 0 radical (unpaired) electrons. The van der Waals surface area contributed by atoms with Crippen LogP contribution in [-0.2, 0) is 7.05 Å². The Morgan fingerprint density at radius 2 is 2.16 bits per heavy atom. The molecule has 2 N–H and O–H groups in total. The van der Waals surface area contributed by atoms with E-state index in [1.54, 1.807) is 6.33 Å². The van der Waals surface area contributed by atoms with E-state index in [1.807, 2.05) is 24.9 Å². The van der Waals surface area contributed by atoms with Crippen LogP contribution in [0.15, 0.2) is 12.5 Å². The van der Waals surface area contributed by atoms with Crippen LogP contribution in [0.3, 0.4) is 0 Å². The van der Waals surface area contributed by atoms with Gasteiger partial charge in [0.05, 0.1) is 6.33 Å². The quantitative estimate of drug-likeness (QED) is 0.836. The van der Waals surface area contributed by atoms with Crippen LogP contribution in [0.1, 0.15) is 12.8 Å². The molecule has 0 spiro atoms. The number of hydrogen-bond donors (Lipinski definition) is 2. The first kappa shape index (κ1) is 12.2. The van der Waals surface area contributed by atoms with Gasteiger partial charge in [-0.2, -0.15) is 4.98 Å². The predicted molar refractivity (Wildman–Crippen MR) is 72.9 cm³/mol. The zero-order valence-corrected chi connectivity index (χ0v) is 11.3. The normalized spacial score (nSPS) is 17.1. The van der Waals surface area contributed by atoms with E-state index in [2.05, 4.69) is 30.4 Å². The monoisotopic (exact) mass is 261 g/mol. The standard InChI is InChI=1S/C12H19N7/c1-13-9-3-5-19(6-4-9)12-15-11(16-17-12)10-7-18(2)8-14-10/h7-9,13H,3-6H2,1-2H3,(H,15,16,17). The largest absolute Gasteiger partial charge is 0.340 e. The molecule has 3 heterocycles. The zero-order valence-electron chi connectivity index (χ0n) is 11.3. The highest BCUT2D eigenvalue weighted by atomic mass is 15.4. The minimum absolute atomic E-state index is 0.616. The Labute approximate surface area is 112 Å². The Kier molecular flexibility index (Phi) is 3.20. The van der Waals surface area contributed by atoms with E-state index in [9.17, 15) is 0 Å². The number of aromatic nitrogens is 5. The molecule has 1 saturated heterocycles. The van der Waals surface area contributed by atoms with E-state index in [-0.39, 0.29) is 0 Å². The van der Waals surface area contributed by atoms with Crippen molar-refractivity contribution in [2.75, 3.05) is 25.0 Å². The minimum Gasteiger partial charge on any atom is -0.340 e. The summed E-state index contributed by atoms with van der Waals surface area (Å²) < 4.78 is 1.90. The highest BCUT2D eigenvalue weighted by Crippen LogP contribution is 2.19. The van der Waals surface area contributed by atoms with Crippen molar-refractivity contribution in [3.63, 3.8) is 0 Å². The van der Waals surface area contributed by atoms with E-state index in [1.165, 1.54) is 0 Å². The van der Waals surface area contributed by atoms with Crippen LogP contribution >= 0.6 is 0 Å². The average molecular weight is 261 g/mol. The molecule has 0 atom stereocenters. The fourth-order valence-electron chi connectivity index (χ4n) is 2.41. The molecule has 0 saturated carbocycles. The Balaban J connectivity index is 1.72. The lowest BCUT2D eigenvalue weighted by atomic mass is 10.1. The molecule has 0 amide bonds. The second kappa shape index (κ2) is 5.00. The van der Waals surface area contributed by atoms with Gasteiger partial charge in [-0.15, -0.1) is 5.10 Å². The first-order chi connectivity index (χ1) is 9.26. The summed E-state index contributed by atoms with van der Waals surface area (Å²) >= 11 is 0. The fraction of sp³-hybridized carbons (Fsp3) is 0.583. The molecular weight excluding hydrogens is 242 g/mol. The van der Waals surface area contributed by atoms with Gasteiger partial charge in [0, 0.05) is 32.4 Å². The summed E-state index contributed by atoms with van der Waals surface area (Å²) in [4.78, 5) is 11.0. The van der Waals surface area contributed by atoms with E-state index in [0.717, 1.165) is 43.4 Å². The topological polar surface area (TPSA) is 74.7 Å². The molecule has 0 aromatic carbocycles. The molecule has 19 heavy (non-hydrogen) atoms. The number of H-pyrrole nitrogens is 1. The first-order valence-corrected chi connectivity index (χ1v) is 6.59. The summed E-state index contributed by atoms with van der Waals surface area (Å²) in [5, 5.41) is 10.6. The predicted octanol–water partition coefficient (Wildman–Crippen LogP) is 0.393. The summed E-state index contributed by atoms with van der Waals surface area (Å²) in [6, 6.07) is 0.616. The number of nitrogens with zero attached hydrogens (tertiary/aromatic N) is 5. The average Bonchev–Trinajstić information content (AvgIpc) is 3.07. The minimum atomic E-state index is 0.616. The van der Waals surface area contributed by atoms with E-state index >= 15 is 0 Å². The smallest absolute Gasteiger partial charge is 0.245 e. The van der Waals surface area contributed by atoms with Crippen molar-refractivity contribution in [1.82, 2.24) is 30.0 Å². The molecule has 7 nitrogen and oxygen atoms in total. The Bertz CT molecular complexity index is 536. The van der Waals surface area contributed by atoms with Gasteiger partial charge < -0.3 is 14.8 Å². The zero-order chi connectivity index (χ0) is 13.2. The second-order valence-electron chi connectivity index (χ2n) is 4.96. The SMILES string of the molecule is CNC1CCN(c2n[nH]c(-c3cn(C)cn3)n2)CC1. The maximum atomic E-state index is 4.53. The van der Waals surface area contributed by atoms with Gasteiger partial charge in [-0.1, -0.05) is 0 Å². The van der Waals surface area contributed by atoms with Crippen LogP contribution in [-0.4, -0.2) is 50.9 Å². The van der Waals surface area contributed by atoms with Gasteiger partial charge in [0.15, 0.2) is 5.82 Å². The lowest BCUT2D eigenvalue weighted by Gasteiger charge is -2.30. The van der Waals surface area contributed by atoms with E-state index in [0.29, 0.717) is 6.04 Å². The van der Waals surface area contributed by atoms with Crippen molar-refractivity contribution in [3.05, 3.63) is 12.5 Å². The van der Waals surface area contributed by atoms with Crippen LogP contribution in [0.5, 0.6) is 0 Å². The number of rotatable bonds is 3. The molecule has 2 aromatic heterocycles. The molecule has 1 aliphatic heterocycles. The molecular formula is C12H19N7. The molecule has 0 unspecified atom stereocenters. The van der Waals surface area contributed by atoms with Crippen molar-refractivity contribution in [2.45, 2.75) is 18.9 Å². The van der Waals surface area contributed by atoms with Crippen LogP contribution in [0, 0.1) is 0 Å². The van der Waals surface area contributed by atoms with E-state index < -0.39 is 0 Å². The summed E-state index contributed by atoms with van der Waals surface area (Å²) in [6.45, 7) is 1.98. The third kappa shape index (κ3) is 2.46. The summed E-state index contributed by atoms with van der Waals surface area (Å²) in [5.41, 5.74) is 0.825. The Hall–Kier alpha value is -1.89. The third-order valence-corrected chi connectivity index (χ3v) is 3.61. The van der Waals surface area contributed by atoms with Crippen molar-refractivity contribution < 1.29 is 0 Å². The number of imidazole rings is 1. The van der Waals surface area contributed by atoms with Crippen LogP contribution in [0.4, 0.5) is 5.95 Å². The summed E-state index contributed by atoms with van der Waals surface area (Å²) in [5.74, 6) is 1.50. The summed E-state index contributed by atoms with van der Waals surface area (Å²) in [7, 11) is 3.96. The summed E-state index contributed by atoms with van der Waals surface area (Å²) in [6.07, 6.45) is 5.95.